The van der Waals surface area contributed by atoms with E-state index in [1.807, 2.05) is 31.2 Å². The SMILES string of the molecule is CC(=O)c1cc(Nc2ccc(Br)c(C)c2)ccc1N. The summed E-state index contributed by atoms with van der Waals surface area (Å²) >= 11 is 3.47. The maximum atomic E-state index is 11.5. The van der Waals surface area contributed by atoms with E-state index < -0.39 is 0 Å². The van der Waals surface area contributed by atoms with Gasteiger partial charge in [-0.3, -0.25) is 4.79 Å². The number of aryl methyl sites for hydroxylation is 1. The van der Waals surface area contributed by atoms with Gasteiger partial charge in [-0.2, -0.15) is 0 Å². The zero-order valence-electron chi connectivity index (χ0n) is 10.8. The quantitative estimate of drug-likeness (QED) is 0.655. The van der Waals surface area contributed by atoms with Crippen molar-refractivity contribution >= 4 is 38.8 Å². The van der Waals surface area contributed by atoms with Gasteiger partial charge in [-0.05, 0) is 55.8 Å². The number of Topliss-reactive ketones (excluding diaryl/α,β-unsaturated/α-hetero) is 1. The van der Waals surface area contributed by atoms with Crippen LogP contribution in [0.5, 0.6) is 0 Å². The Bertz CT molecular complexity index is 638. The minimum absolute atomic E-state index is 0.0341. The maximum Gasteiger partial charge on any atom is 0.161 e. The average molecular weight is 319 g/mol. The van der Waals surface area contributed by atoms with Gasteiger partial charge in [0.25, 0.3) is 0 Å². The molecule has 0 bridgehead atoms. The van der Waals surface area contributed by atoms with Crippen molar-refractivity contribution in [1.29, 1.82) is 0 Å². The van der Waals surface area contributed by atoms with Crippen LogP contribution in [0, 0.1) is 6.92 Å². The number of carbonyl (C=O) groups is 1. The van der Waals surface area contributed by atoms with E-state index in [0.717, 1.165) is 21.4 Å². The molecule has 0 saturated heterocycles. The Morgan fingerprint density at radius 1 is 1.16 bits per heavy atom. The van der Waals surface area contributed by atoms with Crippen LogP contribution in [-0.4, -0.2) is 5.78 Å². The predicted octanol–water partition coefficient (Wildman–Crippen LogP) is 4.29. The van der Waals surface area contributed by atoms with Crippen LogP contribution in [0.1, 0.15) is 22.8 Å². The van der Waals surface area contributed by atoms with Gasteiger partial charge in [0.2, 0.25) is 0 Å². The van der Waals surface area contributed by atoms with Crippen molar-refractivity contribution in [2.24, 2.45) is 0 Å². The fraction of sp³-hybridized carbons (Fsp3) is 0.133. The summed E-state index contributed by atoms with van der Waals surface area (Å²) in [5.74, 6) is -0.0341. The van der Waals surface area contributed by atoms with Gasteiger partial charge >= 0.3 is 0 Å². The normalized spacial score (nSPS) is 10.3. The standard InChI is InChI=1S/C15H15BrN2O/c1-9-7-11(3-5-14(9)16)18-12-4-6-15(17)13(8-12)10(2)19/h3-8,18H,17H2,1-2H3. The van der Waals surface area contributed by atoms with Crippen LogP contribution in [0.2, 0.25) is 0 Å². The lowest BCUT2D eigenvalue weighted by molar-refractivity contribution is 0.101. The number of ketones is 1. The van der Waals surface area contributed by atoms with E-state index in [0.29, 0.717) is 11.3 Å². The first kappa shape index (κ1) is 13.6. The summed E-state index contributed by atoms with van der Waals surface area (Å²) in [6, 6.07) is 11.4. The molecule has 0 aliphatic rings. The number of nitrogens with two attached hydrogens (primary N) is 1. The zero-order chi connectivity index (χ0) is 14.0. The third-order valence-corrected chi connectivity index (χ3v) is 3.77. The van der Waals surface area contributed by atoms with Gasteiger partial charge in [-0.15, -0.1) is 0 Å². The summed E-state index contributed by atoms with van der Waals surface area (Å²) in [7, 11) is 0. The highest BCUT2D eigenvalue weighted by molar-refractivity contribution is 9.10. The van der Waals surface area contributed by atoms with E-state index in [2.05, 4.69) is 21.2 Å². The molecular weight excluding hydrogens is 304 g/mol. The fourth-order valence-electron chi connectivity index (χ4n) is 1.83. The second kappa shape index (κ2) is 5.45. The second-order valence-electron chi connectivity index (χ2n) is 4.45. The summed E-state index contributed by atoms with van der Waals surface area (Å²) in [6.07, 6.45) is 0. The maximum absolute atomic E-state index is 11.5. The van der Waals surface area contributed by atoms with E-state index in [1.165, 1.54) is 6.92 Å². The number of rotatable bonds is 3. The first-order valence-electron chi connectivity index (χ1n) is 5.91. The fourth-order valence-corrected chi connectivity index (χ4v) is 2.07. The Balaban J connectivity index is 2.30. The van der Waals surface area contributed by atoms with Gasteiger partial charge in [-0.25, -0.2) is 0 Å². The minimum atomic E-state index is -0.0341. The van der Waals surface area contributed by atoms with Crippen molar-refractivity contribution in [3.63, 3.8) is 0 Å². The van der Waals surface area contributed by atoms with Gasteiger partial charge < -0.3 is 11.1 Å². The molecule has 0 amide bonds. The highest BCUT2D eigenvalue weighted by Gasteiger charge is 2.06. The average Bonchev–Trinajstić information content (AvgIpc) is 2.36. The summed E-state index contributed by atoms with van der Waals surface area (Å²) in [5.41, 5.74) is 9.78. The first-order chi connectivity index (χ1) is 8.97. The Morgan fingerprint density at radius 2 is 1.79 bits per heavy atom. The van der Waals surface area contributed by atoms with Crippen LogP contribution in [0.3, 0.4) is 0 Å². The molecule has 0 atom stereocenters. The molecule has 2 aromatic rings. The van der Waals surface area contributed by atoms with Crippen LogP contribution in [0.25, 0.3) is 0 Å². The van der Waals surface area contributed by atoms with Gasteiger partial charge in [0.15, 0.2) is 5.78 Å². The molecule has 0 aromatic heterocycles. The minimum Gasteiger partial charge on any atom is -0.398 e. The largest absolute Gasteiger partial charge is 0.398 e. The number of halogens is 1. The van der Waals surface area contributed by atoms with Crippen LogP contribution in [0.15, 0.2) is 40.9 Å². The summed E-state index contributed by atoms with van der Waals surface area (Å²) < 4.78 is 1.07. The third-order valence-electron chi connectivity index (χ3n) is 2.88. The number of carbonyl (C=O) groups excluding carboxylic acids is 1. The highest BCUT2D eigenvalue weighted by atomic mass is 79.9. The van der Waals surface area contributed by atoms with Crippen molar-refractivity contribution in [1.82, 2.24) is 0 Å². The number of nitrogens with one attached hydrogen (secondary N) is 1. The molecule has 4 heteroatoms. The van der Waals surface area contributed by atoms with E-state index in [-0.39, 0.29) is 5.78 Å². The van der Waals surface area contributed by atoms with E-state index in [4.69, 9.17) is 5.73 Å². The third kappa shape index (κ3) is 3.15. The van der Waals surface area contributed by atoms with Gasteiger partial charge in [0, 0.05) is 27.1 Å². The molecule has 0 aliphatic carbocycles. The molecule has 0 aliphatic heterocycles. The van der Waals surface area contributed by atoms with Crippen LogP contribution in [-0.2, 0) is 0 Å². The van der Waals surface area contributed by atoms with Crippen molar-refractivity contribution in [3.05, 3.63) is 52.0 Å². The molecule has 3 N–H and O–H groups in total. The highest BCUT2D eigenvalue weighted by Crippen LogP contribution is 2.25. The van der Waals surface area contributed by atoms with Gasteiger partial charge in [0.1, 0.15) is 0 Å². The molecule has 0 unspecified atom stereocenters. The number of hydrogen-bond donors (Lipinski definition) is 2. The summed E-state index contributed by atoms with van der Waals surface area (Å²) in [4.78, 5) is 11.5. The molecule has 98 valence electrons. The molecule has 19 heavy (non-hydrogen) atoms. The molecular formula is C15H15BrN2O. The van der Waals surface area contributed by atoms with Crippen molar-refractivity contribution in [2.75, 3.05) is 11.1 Å². The van der Waals surface area contributed by atoms with Gasteiger partial charge in [0.05, 0.1) is 0 Å². The number of hydrogen-bond acceptors (Lipinski definition) is 3. The van der Waals surface area contributed by atoms with Crippen LogP contribution < -0.4 is 11.1 Å². The first-order valence-corrected chi connectivity index (χ1v) is 6.70. The number of nitrogen functional groups attached to an aromatic ring is 1. The predicted molar refractivity (Wildman–Crippen MR) is 83.0 cm³/mol. The molecule has 0 radical (unpaired) electrons. The molecule has 0 spiro atoms. The lowest BCUT2D eigenvalue weighted by atomic mass is 10.1. The van der Waals surface area contributed by atoms with Crippen molar-refractivity contribution in [3.8, 4) is 0 Å². The monoisotopic (exact) mass is 318 g/mol. The molecule has 2 rings (SSSR count). The topological polar surface area (TPSA) is 55.1 Å². The van der Waals surface area contributed by atoms with E-state index >= 15 is 0 Å². The number of anilines is 3. The van der Waals surface area contributed by atoms with E-state index in [9.17, 15) is 4.79 Å². The zero-order valence-corrected chi connectivity index (χ0v) is 12.4. The van der Waals surface area contributed by atoms with Crippen LogP contribution in [0.4, 0.5) is 17.1 Å². The Kier molecular flexibility index (Phi) is 3.90. The summed E-state index contributed by atoms with van der Waals surface area (Å²) in [6.45, 7) is 3.54. The lowest BCUT2D eigenvalue weighted by Crippen LogP contribution is -2.01. The molecule has 0 saturated carbocycles. The second-order valence-corrected chi connectivity index (χ2v) is 5.30. The molecule has 3 nitrogen and oxygen atoms in total. The van der Waals surface area contributed by atoms with Gasteiger partial charge in [-0.1, -0.05) is 15.9 Å². The summed E-state index contributed by atoms with van der Waals surface area (Å²) in [5, 5.41) is 3.27. The van der Waals surface area contributed by atoms with Crippen LogP contribution >= 0.6 is 15.9 Å². The smallest absolute Gasteiger partial charge is 0.161 e. The number of benzene rings is 2. The van der Waals surface area contributed by atoms with Crippen molar-refractivity contribution in [2.45, 2.75) is 13.8 Å². The van der Waals surface area contributed by atoms with Crippen molar-refractivity contribution < 1.29 is 4.79 Å². The van der Waals surface area contributed by atoms with E-state index in [1.54, 1.807) is 12.1 Å². The Morgan fingerprint density at radius 3 is 2.42 bits per heavy atom. The molecule has 0 fully saturated rings. The molecule has 0 heterocycles. The Labute approximate surface area is 121 Å². The molecule has 2 aromatic carbocycles. The Hall–Kier alpha value is -1.81. The lowest BCUT2D eigenvalue weighted by Gasteiger charge is -2.10.